The molecule has 0 saturated heterocycles. The Hall–Kier alpha value is -0.160. The first kappa shape index (κ1) is 11.0. The maximum atomic E-state index is 9.45. The predicted molar refractivity (Wildman–Crippen MR) is 68.3 cm³/mol. The Balaban J connectivity index is 1.58. The second-order valence-electron chi connectivity index (χ2n) is 6.19. The van der Waals surface area contributed by atoms with Gasteiger partial charge in [0.15, 0.2) is 0 Å². The second kappa shape index (κ2) is 3.95. The molecule has 3 fully saturated rings. The van der Waals surface area contributed by atoms with Crippen molar-refractivity contribution in [2.45, 2.75) is 74.2 Å². The van der Waals surface area contributed by atoms with Crippen molar-refractivity contribution in [3.63, 3.8) is 0 Å². The Labute approximate surface area is 103 Å². The van der Waals surface area contributed by atoms with Crippen LogP contribution in [0.3, 0.4) is 0 Å². The van der Waals surface area contributed by atoms with E-state index in [9.17, 15) is 5.26 Å². The predicted octanol–water partition coefficient (Wildman–Crippen LogP) is 4.28. The summed E-state index contributed by atoms with van der Waals surface area (Å²) >= 11 is 2.05. The van der Waals surface area contributed by atoms with Crippen LogP contribution in [0.5, 0.6) is 0 Å². The smallest absolute Gasteiger partial charge is 0.104 e. The monoisotopic (exact) mass is 235 g/mol. The molecule has 0 unspecified atom stereocenters. The molecule has 0 aromatic carbocycles. The van der Waals surface area contributed by atoms with Crippen LogP contribution in [0.4, 0.5) is 0 Å². The third-order valence-electron chi connectivity index (χ3n) is 4.88. The third kappa shape index (κ3) is 1.78. The molecule has 0 N–H and O–H groups in total. The van der Waals surface area contributed by atoms with Gasteiger partial charge in [-0.15, -0.1) is 11.8 Å². The maximum absolute atomic E-state index is 9.45. The molecular formula is C14H21NS. The molecule has 0 bridgehead atoms. The van der Waals surface area contributed by atoms with Crippen molar-refractivity contribution < 1.29 is 0 Å². The minimum atomic E-state index is 0.0302. The molecule has 1 spiro atoms. The van der Waals surface area contributed by atoms with Gasteiger partial charge in [0.25, 0.3) is 0 Å². The topological polar surface area (TPSA) is 23.8 Å². The fourth-order valence-corrected chi connectivity index (χ4v) is 5.92. The summed E-state index contributed by atoms with van der Waals surface area (Å²) in [7, 11) is 0. The largest absolute Gasteiger partial charge is 0.197 e. The highest BCUT2D eigenvalue weighted by atomic mass is 32.2. The van der Waals surface area contributed by atoms with E-state index in [0.29, 0.717) is 5.41 Å². The molecule has 0 atom stereocenters. The first-order valence-electron chi connectivity index (χ1n) is 6.85. The zero-order chi connectivity index (χ0) is 11.1. The van der Waals surface area contributed by atoms with E-state index in [1.165, 1.54) is 64.2 Å². The van der Waals surface area contributed by atoms with Crippen LogP contribution >= 0.6 is 11.8 Å². The summed E-state index contributed by atoms with van der Waals surface area (Å²) in [4.78, 5) is 0. The summed E-state index contributed by atoms with van der Waals surface area (Å²) in [5, 5.41) is 10.2. The van der Waals surface area contributed by atoms with Gasteiger partial charge < -0.3 is 0 Å². The molecule has 2 heteroatoms. The van der Waals surface area contributed by atoms with Crippen LogP contribution in [0.1, 0.15) is 64.2 Å². The fraction of sp³-hybridized carbons (Fsp3) is 0.929. The lowest BCUT2D eigenvalue weighted by Gasteiger charge is -2.58. The number of thioether (sulfide) groups is 1. The van der Waals surface area contributed by atoms with Gasteiger partial charge in [-0.25, -0.2) is 0 Å². The van der Waals surface area contributed by atoms with E-state index >= 15 is 0 Å². The van der Waals surface area contributed by atoms with E-state index in [2.05, 4.69) is 6.07 Å². The van der Waals surface area contributed by atoms with Crippen LogP contribution in [0.25, 0.3) is 0 Å². The Bertz CT molecular complexity index is 299. The quantitative estimate of drug-likeness (QED) is 0.713. The van der Waals surface area contributed by atoms with E-state index in [0.717, 1.165) is 5.25 Å². The van der Waals surface area contributed by atoms with Crippen molar-refractivity contribution in [2.24, 2.45) is 5.41 Å². The number of hydrogen-bond donors (Lipinski definition) is 0. The number of nitrogens with zero attached hydrogens (tertiary/aromatic N) is 1. The average Bonchev–Trinajstić information content (AvgIpc) is 2.22. The van der Waals surface area contributed by atoms with Crippen molar-refractivity contribution in [3.8, 4) is 6.07 Å². The Morgan fingerprint density at radius 1 is 1.00 bits per heavy atom. The van der Waals surface area contributed by atoms with E-state index < -0.39 is 0 Å². The van der Waals surface area contributed by atoms with Gasteiger partial charge in [-0.1, -0.05) is 25.7 Å². The van der Waals surface area contributed by atoms with Crippen molar-refractivity contribution in [3.05, 3.63) is 0 Å². The van der Waals surface area contributed by atoms with Crippen molar-refractivity contribution in [1.29, 1.82) is 5.26 Å². The molecule has 0 radical (unpaired) electrons. The molecule has 3 saturated carbocycles. The van der Waals surface area contributed by atoms with Crippen LogP contribution in [-0.2, 0) is 0 Å². The molecule has 0 amide bonds. The molecular weight excluding hydrogens is 214 g/mol. The lowest BCUT2D eigenvalue weighted by Crippen LogP contribution is -2.53. The molecule has 0 aromatic heterocycles. The van der Waals surface area contributed by atoms with Crippen LogP contribution in [0.2, 0.25) is 0 Å². The highest BCUT2D eigenvalue weighted by molar-refractivity contribution is 8.01. The van der Waals surface area contributed by atoms with Crippen molar-refractivity contribution in [1.82, 2.24) is 0 Å². The Kier molecular flexibility index (Phi) is 2.70. The minimum absolute atomic E-state index is 0.0302. The molecule has 0 aliphatic heterocycles. The molecule has 3 aliphatic rings. The standard InChI is InChI=1S/C14H21NS/c15-11-14(9-13(10-14)7-4-8-13)16-12-5-2-1-3-6-12/h12H,1-10H2. The zero-order valence-corrected chi connectivity index (χ0v) is 10.8. The van der Waals surface area contributed by atoms with E-state index in [1.54, 1.807) is 0 Å². The van der Waals surface area contributed by atoms with Crippen LogP contribution in [0.15, 0.2) is 0 Å². The first-order chi connectivity index (χ1) is 7.76. The summed E-state index contributed by atoms with van der Waals surface area (Å²) in [5.41, 5.74) is 0.636. The summed E-state index contributed by atoms with van der Waals surface area (Å²) < 4.78 is 0.0302. The maximum Gasteiger partial charge on any atom is 0.104 e. The summed E-state index contributed by atoms with van der Waals surface area (Å²) in [5.74, 6) is 0. The zero-order valence-electron chi connectivity index (χ0n) is 10.0. The SMILES string of the molecule is N#CC1(SC2CCCCC2)CC2(CCC2)C1. The lowest BCUT2D eigenvalue weighted by atomic mass is 9.52. The van der Waals surface area contributed by atoms with E-state index in [1.807, 2.05) is 11.8 Å². The van der Waals surface area contributed by atoms with Crippen LogP contribution < -0.4 is 0 Å². The van der Waals surface area contributed by atoms with Gasteiger partial charge >= 0.3 is 0 Å². The first-order valence-corrected chi connectivity index (χ1v) is 7.73. The molecule has 0 heterocycles. The van der Waals surface area contributed by atoms with Crippen molar-refractivity contribution >= 4 is 11.8 Å². The normalized spacial score (nSPS) is 31.4. The van der Waals surface area contributed by atoms with Crippen LogP contribution in [-0.4, -0.2) is 10.00 Å². The average molecular weight is 235 g/mol. The van der Waals surface area contributed by atoms with Gasteiger partial charge in [0, 0.05) is 5.25 Å². The lowest BCUT2D eigenvalue weighted by molar-refractivity contribution is 0.0149. The van der Waals surface area contributed by atoms with Gasteiger partial charge in [-0.3, -0.25) is 0 Å². The van der Waals surface area contributed by atoms with Gasteiger partial charge in [0.2, 0.25) is 0 Å². The van der Waals surface area contributed by atoms with Gasteiger partial charge in [0.05, 0.1) is 6.07 Å². The van der Waals surface area contributed by atoms with Crippen molar-refractivity contribution in [2.75, 3.05) is 0 Å². The Morgan fingerprint density at radius 3 is 2.19 bits per heavy atom. The third-order valence-corrected chi connectivity index (χ3v) is 6.52. The van der Waals surface area contributed by atoms with Gasteiger partial charge in [-0.2, -0.15) is 5.26 Å². The van der Waals surface area contributed by atoms with Gasteiger partial charge in [-0.05, 0) is 43.9 Å². The highest BCUT2D eigenvalue weighted by Gasteiger charge is 2.58. The number of nitriles is 1. The second-order valence-corrected chi connectivity index (χ2v) is 7.87. The fourth-order valence-electron chi connectivity index (χ4n) is 3.88. The molecule has 3 rings (SSSR count). The van der Waals surface area contributed by atoms with E-state index in [-0.39, 0.29) is 4.75 Å². The minimum Gasteiger partial charge on any atom is -0.197 e. The number of rotatable bonds is 2. The molecule has 16 heavy (non-hydrogen) atoms. The molecule has 3 aliphatic carbocycles. The summed E-state index contributed by atoms with van der Waals surface area (Å²) in [6, 6.07) is 2.65. The Morgan fingerprint density at radius 2 is 1.69 bits per heavy atom. The van der Waals surface area contributed by atoms with Crippen LogP contribution in [0, 0.1) is 16.7 Å². The van der Waals surface area contributed by atoms with Gasteiger partial charge in [0.1, 0.15) is 4.75 Å². The summed E-state index contributed by atoms with van der Waals surface area (Å²) in [6.07, 6.45) is 13.6. The molecule has 88 valence electrons. The molecule has 1 nitrogen and oxygen atoms in total. The summed E-state index contributed by atoms with van der Waals surface area (Å²) in [6.45, 7) is 0. The van der Waals surface area contributed by atoms with E-state index in [4.69, 9.17) is 0 Å². The highest BCUT2D eigenvalue weighted by Crippen LogP contribution is 2.65. The molecule has 0 aromatic rings. The number of hydrogen-bond acceptors (Lipinski definition) is 2.